The number of hydrogen-bond acceptors (Lipinski definition) is 2. The van der Waals surface area contributed by atoms with E-state index in [0.29, 0.717) is 0 Å². The molecule has 0 bridgehead atoms. The third-order valence-corrected chi connectivity index (χ3v) is 1.81. The molecule has 0 fully saturated rings. The van der Waals surface area contributed by atoms with E-state index < -0.39 is 17.6 Å². The van der Waals surface area contributed by atoms with Crippen molar-refractivity contribution in [2.75, 3.05) is 6.61 Å². The topological polar surface area (TPSA) is 52.3 Å². The zero-order valence-corrected chi connectivity index (χ0v) is 7.87. The number of hydrogen-bond donors (Lipinski definition) is 1. The van der Waals surface area contributed by atoms with Gasteiger partial charge in [-0.05, 0) is 12.1 Å². The van der Waals surface area contributed by atoms with Crippen LogP contribution in [-0.2, 0) is 4.79 Å². The van der Waals surface area contributed by atoms with Crippen LogP contribution in [0.4, 0.5) is 4.39 Å². The van der Waals surface area contributed by atoms with Gasteiger partial charge in [0.2, 0.25) is 5.91 Å². The van der Waals surface area contributed by atoms with Gasteiger partial charge in [0.15, 0.2) is 11.6 Å². The molecule has 0 heterocycles. The van der Waals surface area contributed by atoms with Crippen LogP contribution in [0, 0.1) is 11.7 Å². The minimum absolute atomic E-state index is 0.0935. The molecule has 0 aliphatic heterocycles. The second kappa shape index (κ2) is 4.60. The highest BCUT2D eigenvalue weighted by Crippen LogP contribution is 2.15. The normalized spacial score (nSPS) is 12.1. The van der Waals surface area contributed by atoms with Gasteiger partial charge in [0, 0.05) is 0 Å². The predicted octanol–water partition coefficient (Wildman–Crippen LogP) is 1.33. The number of amides is 1. The second-order valence-corrected chi connectivity index (χ2v) is 3.04. The summed E-state index contributed by atoms with van der Waals surface area (Å²) in [5.41, 5.74) is 5.03. The van der Waals surface area contributed by atoms with Crippen LogP contribution in [0.2, 0.25) is 0 Å². The molecule has 0 aliphatic carbocycles. The van der Waals surface area contributed by atoms with Gasteiger partial charge in [-0.2, -0.15) is 0 Å². The molecule has 0 radical (unpaired) electrons. The highest BCUT2D eigenvalue weighted by atomic mass is 19.1. The molecule has 0 aliphatic rings. The maximum atomic E-state index is 13.0. The number of ether oxygens (including phenoxy) is 1. The molecule has 0 saturated carbocycles. The van der Waals surface area contributed by atoms with Crippen molar-refractivity contribution in [1.29, 1.82) is 0 Å². The van der Waals surface area contributed by atoms with E-state index in [0.717, 1.165) is 0 Å². The summed E-state index contributed by atoms with van der Waals surface area (Å²) in [4.78, 5) is 10.7. The fraction of sp³-hybridized carbons (Fsp3) is 0.300. The Balaban J connectivity index is 2.54. The number of rotatable bonds is 4. The molecular weight excluding hydrogens is 185 g/mol. The quantitative estimate of drug-likeness (QED) is 0.791. The molecule has 3 nitrogen and oxygen atoms in total. The number of para-hydroxylation sites is 1. The minimum atomic E-state index is -0.457. The average Bonchev–Trinajstić information content (AvgIpc) is 2.16. The van der Waals surface area contributed by atoms with Crippen LogP contribution in [0.25, 0.3) is 0 Å². The van der Waals surface area contributed by atoms with Gasteiger partial charge >= 0.3 is 0 Å². The number of nitrogens with two attached hydrogens (primary N) is 1. The lowest BCUT2D eigenvalue weighted by Gasteiger charge is -2.09. The van der Waals surface area contributed by atoms with E-state index in [1.807, 2.05) is 0 Å². The number of carbonyl (C=O) groups excluding carboxylic acids is 1. The van der Waals surface area contributed by atoms with Crippen LogP contribution < -0.4 is 10.5 Å². The Hall–Kier alpha value is -1.58. The molecule has 14 heavy (non-hydrogen) atoms. The average molecular weight is 197 g/mol. The van der Waals surface area contributed by atoms with E-state index in [2.05, 4.69) is 0 Å². The molecule has 1 aromatic rings. The highest BCUT2D eigenvalue weighted by molar-refractivity contribution is 5.76. The van der Waals surface area contributed by atoms with Crippen LogP contribution in [0.3, 0.4) is 0 Å². The monoisotopic (exact) mass is 197 g/mol. The van der Waals surface area contributed by atoms with Crippen molar-refractivity contribution in [2.45, 2.75) is 6.92 Å². The fourth-order valence-corrected chi connectivity index (χ4v) is 0.859. The fourth-order valence-electron chi connectivity index (χ4n) is 0.859. The lowest BCUT2D eigenvalue weighted by atomic mass is 10.2. The Morgan fingerprint density at radius 1 is 1.57 bits per heavy atom. The molecule has 0 aromatic heterocycles. The molecule has 76 valence electrons. The standard InChI is InChI=1S/C10H12FNO2/c1-7(10(12)13)6-14-9-5-3-2-4-8(9)11/h2-5,7H,6H2,1H3,(H2,12,13). The summed E-state index contributed by atoms with van der Waals surface area (Å²) in [7, 11) is 0. The van der Waals surface area contributed by atoms with Crippen LogP contribution >= 0.6 is 0 Å². The van der Waals surface area contributed by atoms with Crippen molar-refractivity contribution < 1.29 is 13.9 Å². The van der Waals surface area contributed by atoms with Crippen LogP contribution in [0.15, 0.2) is 24.3 Å². The Bertz CT molecular complexity index is 328. The van der Waals surface area contributed by atoms with Crippen molar-refractivity contribution in [3.63, 3.8) is 0 Å². The summed E-state index contributed by atoms with van der Waals surface area (Å²) >= 11 is 0. The van der Waals surface area contributed by atoms with Gasteiger partial charge in [-0.25, -0.2) is 4.39 Å². The summed E-state index contributed by atoms with van der Waals surface area (Å²) in [6.07, 6.45) is 0. The first-order valence-electron chi connectivity index (χ1n) is 4.28. The molecule has 1 atom stereocenters. The molecule has 2 N–H and O–H groups in total. The third kappa shape index (κ3) is 2.73. The molecule has 1 unspecified atom stereocenters. The Labute approximate surface area is 81.7 Å². The van der Waals surface area contributed by atoms with E-state index in [1.165, 1.54) is 12.1 Å². The number of primary amides is 1. The van der Waals surface area contributed by atoms with Crippen LogP contribution in [-0.4, -0.2) is 12.5 Å². The van der Waals surface area contributed by atoms with Crippen molar-refractivity contribution in [3.8, 4) is 5.75 Å². The maximum Gasteiger partial charge on any atom is 0.223 e. The first-order chi connectivity index (χ1) is 6.61. The summed E-state index contributed by atoms with van der Waals surface area (Å²) in [6.45, 7) is 1.72. The van der Waals surface area contributed by atoms with Crippen molar-refractivity contribution in [2.24, 2.45) is 11.7 Å². The smallest absolute Gasteiger partial charge is 0.223 e. The van der Waals surface area contributed by atoms with E-state index in [4.69, 9.17) is 10.5 Å². The van der Waals surface area contributed by atoms with Crippen molar-refractivity contribution >= 4 is 5.91 Å². The largest absolute Gasteiger partial charge is 0.490 e. The Morgan fingerprint density at radius 3 is 2.79 bits per heavy atom. The Kier molecular flexibility index (Phi) is 3.45. The van der Waals surface area contributed by atoms with Gasteiger partial charge in [0.1, 0.15) is 0 Å². The summed E-state index contributed by atoms with van der Waals surface area (Å²) < 4.78 is 18.1. The van der Waals surface area contributed by atoms with E-state index >= 15 is 0 Å². The Morgan fingerprint density at radius 2 is 2.21 bits per heavy atom. The van der Waals surface area contributed by atoms with Gasteiger partial charge in [0.25, 0.3) is 0 Å². The highest BCUT2D eigenvalue weighted by Gasteiger charge is 2.10. The zero-order chi connectivity index (χ0) is 10.6. The van der Waals surface area contributed by atoms with Crippen molar-refractivity contribution in [3.05, 3.63) is 30.1 Å². The summed E-state index contributed by atoms with van der Waals surface area (Å²) in [5, 5.41) is 0. The van der Waals surface area contributed by atoms with Gasteiger partial charge in [-0.15, -0.1) is 0 Å². The zero-order valence-electron chi connectivity index (χ0n) is 7.87. The molecule has 1 amide bonds. The first-order valence-corrected chi connectivity index (χ1v) is 4.28. The summed E-state index contributed by atoms with van der Waals surface area (Å²) in [5.74, 6) is -1.18. The van der Waals surface area contributed by atoms with Gasteiger partial charge in [-0.3, -0.25) is 4.79 Å². The first kappa shape index (κ1) is 10.5. The summed E-state index contributed by atoms with van der Waals surface area (Å²) in [6, 6.07) is 6.03. The predicted molar refractivity (Wildman–Crippen MR) is 50.3 cm³/mol. The molecular formula is C10H12FNO2. The van der Waals surface area contributed by atoms with Gasteiger partial charge in [-0.1, -0.05) is 19.1 Å². The molecule has 1 aromatic carbocycles. The van der Waals surface area contributed by atoms with Crippen LogP contribution in [0.5, 0.6) is 5.75 Å². The second-order valence-electron chi connectivity index (χ2n) is 3.04. The third-order valence-electron chi connectivity index (χ3n) is 1.81. The molecule has 1 rings (SSSR count). The van der Waals surface area contributed by atoms with Gasteiger partial charge in [0.05, 0.1) is 12.5 Å². The lowest BCUT2D eigenvalue weighted by molar-refractivity contribution is -0.122. The number of benzene rings is 1. The molecule has 0 saturated heterocycles. The molecule has 0 spiro atoms. The van der Waals surface area contributed by atoms with Gasteiger partial charge < -0.3 is 10.5 Å². The van der Waals surface area contributed by atoms with Crippen molar-refractivity contribution in [1.82, 2.24) is 0 Å². The number of carbonyl (C=O) groups is 1. The van der Waals surface area contributed by atoms with E-state index in [1.54, 1.807) is 19.1 Å². The van der Waals surface area contributed by atoms with E-state index in [-0.39, 0.29) is 12.4 Å². The van der Waals surface area contributed by atoms with Crippen LogP contribution in [0.1, 0.15) is 6.92 Å². The lowest BCUT2D eigenvalue weighted by Crippen LogP contribution is -2.25. The minimum Gasteiger partial charge on any atom is -0.490 e. The SMILES string of the molecule is CC(COc1ccccc1F)C(N)=O. The maximum absolute atomic E-state index is 13.0. The molecule has 4 heteroatoms. The van der Waals surface area contributed by atoms with E-state index in [9.17, 15) is 9.18 Å². The number of halogens is 1.